The molecule has 4 fully saturated rings. The summed E-state index contributed by atoms with van der Waals surface area (Å²) in [6.07, 6.45) is 6.93. The Morgan fingerprint density at radius 3 is 1.60 bits per heavy atom. The highest BCUT2D eigenvalue weighted by Gasteiger charge is 2.61. The first kappa shape index (κ1) is 30.3. The zero-order valence-corrected chi connectivity index (χ0v) is 29.6. The van der Waals surface area contributed by atoms with Crippen molar-refractivity contribution in [3.8, 4) is 33.4 Å². The third-order valence-corrected chi connectivity index (χ3v) is 14.2. The van der Waals surface area contributed by atoms with Gasteiger partial charge in [-0.05, 0) is 167 Å². The highest BCUT2D eigenvalue weighted by atomic mass is 16.4. The van der Waals surface area contributed by atoms with Gasteiger partial charge in [-0.15, -0.1) is 0 Å². The van der Waals surface area contributed by atoms with Gasteiger partial charge in [0.1, 0.15) is 0 Å². The maximum atomic E-state index is 10.6. The smallest absolute Gasteiger partial charge is 0.423 e. The molecule has 13 rings (SSSR count). The maximum absolute atomic E-state index is 10.6. The number of rotatable bonds is 3. The summed E-state index contributed by atoms with van der Waals surface area (Å²) in [7, 11) is -1.57. The lowest BCUT2D eigenvalue weighted by Crippen LogP contribution is -2.55. The van der Waals surface area contributed by atoms with Crippen LogP contribution < -0.4 is 5.46 Å². The summed E-state index contributed by atoms with van der Waals surface area (Å²) in [6, 6.07) is 51.4. The molecule has 254 valence electrons. The molecule has 0 aliphatic heterocycles. The van der Waals surface area contributed by atoms with Gasteiger partial charge in [0, 0.05) is 5.41 Å². The summed E-state index contributed by atoms with van der Waals surface area (Å²) in [5, 5.41) is 30.2. The van der Waals surface area contributed by atoms with E-state index in [9.17, 15) is 10.0 Å². The molecule has 2 nitrogen and oxygen atoms in total. The van der Waals surface area contributed by atoms with Gasteiger partial charge in [0.15, 0.2) is 0 Å². The molecule has 0 unspecified atom stereocenters. The van der Waals surface area contributed by atoms with Crippen LogP contribution in [0.4, 0.5) is 0 Å². The molecule has 1 spiro atoms. The summed E-state index contributed by atoms with van der Waals surface area (Å²) >= 11 is 0. The lowest BCUT2D eigenvalue weighted by Gasteiger charge is -2.61. The van der Waals surface area contributed by atoms with Crippen molar-refractivity contribution in [3.63, 3.8) is 0 Å². The highest BCUT2D eigenvalue weighted by Crippen LogP contribution is 2.69. The van der Waals surface area contributed by atoms with Crippen LogP contribution >= 0.6 is 0 Å². The first-order valence-electron chi connectivity index (χ1n) is 19.6. The van der Waals surface area contributed by atoms with Crippen molar-refractivity contribution in [2.75, 3.05) is 0 Å². The van der Waals surface area contributed by atoms with Gasteiger partial charge in [-0.3, -0.25) is 0 Å². The van der Waals surface area contributed by atoms with Crippen LogP contribution in [0, 0.1) is 23.7 Å². The third-order valence-electron chi connectivity index (χ3n) is 14.2. The van der Waals surface area contributed by atoms with Crippen LogP contribution in [-0.2, 0) is 5.41 Å². The second kappa shape index (κ2) is 10.9. The molecule has 8 aromatic carbocycles. The third kappa shape index (κ3) is 4.02. The summed E-state index contributed by atoms with van der Waals surface area (Å²) < 4.78 is 0. The van der Waals surface area contributed by atoms with Crippen LogP contribution in [-0.4, -0.2) is 17.2 Å². The minimum absolute atomic E-state index is 0.0880. The van der Waals surface area contributed by atoms with E-state index in [1.54, 1.807) is 11.1 Å². The van der Waals surface area contributed by atoms with Crippen molar-refractivity contribution in [3.05, 3.63) is 151 Å². The minimum Gasteiger partial charge on any atom is -0.423 e. The molecule has 5 aliphatic carbocycles. The van der Waals surface area contributed by atoms with Crippen molar-refractivity contribution in [2.24, 2.45) is 23.7 Å². The quantitative estimate of drug-likeness (QED) is 0.144. The Labute approximate surface area is 309 Å². The molecule has 0 amide bonds. The molecule has 8 aromatic rings. The molecule has 0 saturated heterocycles. The average molecular weight is 683 g/mol. The van der Waals surface area contributed by atoms with E-state index in [0.29, 0.717) is 17.3 Å². The van der Waals surface area contributed by atoms with Crippen LogP contribution in [0.15, 0.2) is 140 Å². The van der Waals surface area contributed by atoms with E-state index in [1.807, 2.05) is 24.3 Å². The van der Waals surface area contributed by atoms with Gasteiger partial charge in [0.25, 0.3) is 0 Å². The fourth-order valence-electron chi connectivity index (χ4n) is 12.6. The fourth-order valence-corrected chi connectivity index (χ4v) is 12.6. The van der Waals surface area contributed by atoms with Crippen LogP contribution in [0.1, 0.15) is 43.2 Å². The molecule has 0 atom stereocenters. The summed E-state index contributed by atoms with van der Waals surface area (Å²) in [4.78, 5) is 0. The van der Waals surface area contributed by atoms with Gasteiger partial charge in [0.05, 0.1) is 0 Å². The first-order chi connectivity index (χ1) is 26.1. The molecule has 5 aliphatic rings. The monoisotopic (exact) mass is 682 g/mol. The van der Waals surface area contributed by atoms with E-state index in [0.717, 1.165) is 44.5 Å². The van der Waals surface area contributed by atoms with Gasteiger partial charge >= 0.3 is 7.12 Å². The van der Waals surface area contributed by atoms with Gasteiger partial charge in [-0.25, -0.2) is 0 Å². The Hall–Kier alpha value is -5.22. The minimum atomic E-state index is -1.57. The number of benzene rings is 8. The summed E-state index contributed by atoms with van der Waals surface area (Å²) in [6.45, 7) is 0. The summed E-state index contributed by atoms with van der Waals surface area (Å²) in [5.74, 6) is 3.21. The van der Waals surface area contributed by atoms with Crippen molar-refractivity contribution < 1.29 is 10.0 Å². The molecular weight excluding hydrogens is 643 g/mol. The lowest BCUT2D eigenvalue weighted by molar-refractivity contribution is -0.0398. The normalized spacial score (nSPS) is 23.7. The van der Waals surface area contributed by atoms with E-state index >= 15 is 0 Å². The molecular formula is C50H39BO2. The van der Waals surface area contributed by atoms with Gasteiger partial charge < -0.3 is 10.0 Å². The topological polar surface area (TPSA) is 40.5 Å². The molecule has 0 heterocycles. The van der Waals surface area contributed by atoms with Crippen molar-refractivity contribution in [1.29, 1.82) is 0 Å². The fraction of sp³-hybridized carbons (Fsp3) is 0.200. The molecule has 3 heteroatoms. The van der Waals surface area contributed by atoms with Crippen LogP contribution in [0.25, 0.3) is 76.5 Å². The van der Waals surface area contributed by atoms with Crippen LogP contribution in [0.3, 0.4) is 0 Å². The zero-order valence-electron chi connectivity index (χ0n) is 29.6. The Bertz CT molecular complexity index is 2760. The van der Waals surface area contributed by atoms with E-state index in [2.05, 4.69) is 115 Å². The maximum Gasteiger partial charge on any atom is 0.489 e. The lowest BCUT2D eigenvalue weighted by atomic mass is 9.43. The summed E-state index contributed by atoms with van der Waals surface area (Å²) in [5.41, 5.74) is 11.6. The molecule has 2 N–H and O–H groups in total. The highest BCUT2D eigenvalue weighted by molar-refractivity contribution is 6.66. The molecule has 0 radical (unpaired) electrons. The second-order valence-electron chi connectivity index (χ2n) is 16.6. The second-order valence-corrected chi connectivity index (χ2v) is 16.6. The number of hydrogen-bond acceptors (Lipinski definition) is 2. The van der Waals surface area contributed by atoms with Crippen LogP contribution in [0.5, 0.6) is 0 Å². The Morgan fingerprint density at radius 1 is 0.434 bits per heavy atom. The predicted octanol–water partition coefficient (Wildman–Crippen LogP) is 11.0. The van der Waals surface area contributed by atoms with Gasteiger partial charge in [-0.1, -0.05) is 121 Å². The van der Waals surface area contributed by atoms with Gasteiger partial charge in [0.2, 0.25) is 0 Å². The Morgan fingerprint density at radius 2 is 0.962 bits per heavy atom. The molecule has 4 bridgehead atoms. The first-order valence-corrected chi connectivity index (χ1v) is 19.6. The SMILES string of the molecule is OB(O)c1c2ccccc2c(-c2cccc3c(-c4ccc5c(c4)C4(c6cc7ccccc7cc6-5)C5CC6CC(C5)CC4C6)cccc23)c2ccccc12. The molecule has 0 aromatic heterocycles. The number of fused-ring (bicyclic) bond motifs is 7. The van der Waals surface area contributed by atoms with Gasteiger partial charge in [-0.2, -0.15) is 0 Å². The molecule has 4 saturated carbocycles. The van der Waals surface area contributed by atoms with Crippen molar-refractivity contribution >= 4 is 55.7 Å². The molecule has 53 heavy (non-hydrogen) atoms. The average Bonchev–Trinajstić information content (AvgIpc) is 3.46. The number of hydrogen-bond donors (Lipinski definition) is 2. The largest absolute Gasteiger partial charge is 0.489 e. The predicted molar refractivity (Wildman–Crippen MR) is 220 cm³/mol. The van der Waals surface area contributed by atoms with E-state index < -0.39 is 7.12 Å². The van der Waals surface area contributed by atoms with Crippen molar-refractivity contribution in [2.45, 2.75) is 37.5 Å². The van der Waals surface area contributed by atoms with E-state index in [-0.39, 0.29) is 5.41 Å². The van der Waals surface area contributed by atoms with Crippen LogP contribution in [0.2, 0.25) is 0 Å². The van der Waals surface area contributed by atoms with E-state index in [1.165, 1.54) is 75.9 Å². The van der Waals surface area contributed by atoms with Crippen molar-refractivity contribution in [1.82, 2.24) is 0 Å². The zero-order chi connectivity index (χ0) is 35.0. The van der Waals surface area contributed by atoms with E-state index in [4.69, 9.17) is 0 Å². The Kier molecular flexibility index (Phi) is 6.23. The standard InChI is InChI=1S/C50H39BO2/c52-51(53)49-43-13-5-3-11-41(43)48(42-12-4-6-14-44(42)49)40-18-8-16-37-36(15-7-17-38(37)40)33-19-20-39-45-26-31-9-1-2-10-32(31)27-47(45)50(46(39)28-33)34-22-29-21-30(24-34)25-35(50)23-29/h1-20,26-30,34-35,52-53H,21-25H2. The Balaban J connectivity index is 1.09.